The number of rotatable bonds is 3. The van der Waals surface area contributed by atoms with Gasteiger partial charge in [-0.1, -0.05) is 6.92 Å². The third-order valence-electron chi connectivity index (χ3n) is 3.47. The van der Waals surface area contributed by atoms with E-state index in [0.717, 1.165) is 0 Å². The molecular formula is C12H18N2O4S. The first-order chi connectivity index (χ1) is 8.90. The molecule has 2 unspecified atom stereocenters. The van der Waals surface area contributed by atoms with Crippen LogP contribution in [0.15, 0.2) is 6.07 Å². The molecule has 0 spiro atoms. The molecule has 1 fully saturated rings. The van der Waals surface area contributed by atoms with E-state index in [1.807, 2.05) is 11.8 Å². The molecule has 1 saturated heterocycles. The minimum atomic E-state index is -0.703. The second-order valence-corrected chi connectivity index (χ2v) is 6.11. The maximum absolute atomic E-state index is 11.1. The molecule has 2 rings (SSSR count). The van der Waals surface area contributed by atoms with E-state index in [-0.39, 0.29) is 17.7 Å². The lowest BCUT2D eigenvalue weighted by Gasteiger charge is -2.34. The summed E-state index contributed by atoms with van der Waals surface area (Å²) in [6, 6.07) is 1.44. The van der Waals surface area contributed by atoms with Gasteiger partial charge in [-0.3, -0.25) is 10.1 Å². The van der Waals surface area contributed by atoms with Crippen molar-refractivity contribution in [1.29, 1.82) is 0 Å². The minimum absolute atomic E-state index is 0.0458. The van der Waals surface area contributed by atoms with E-state index in [9.17, 15) is 20.3 Å². The van der Waals surface area contributed by atoms with Crippen molar-refractivity contribution >= 4 is 22.0 Å². The molecule has 19 heavy (non-hydrogen) atoms. The highest BCUT2D eigenvalue weighted by atomic mass is 32.1. The zero-order valence-electron chi connectivity index (χ0n) is 10.9. The molecule has 1 aromatic heterocycles. The van der Waals surface area contributed by atoms with E-state index in [1.165, 1.54) is 17.4 Å². The molecule has 2 N–H and O–H groups in total. The van der Waals surface area contributed by atoms with Crippen molar-refractivity contribution in [2.75, 3.05) is 18.0 Å². The quantitative estimate of drug-likeness (QED) is 0.655. The van der Waals surface area contributed by atoms with Crippen molar-refractivity contribution in [3.05, 3.63) is 21.1 Å². The van der Waals surface area contributed by atoms with E-state index >= 15 is 0 Å². The Labute approximate surface area is 115 Å². The molecule has 1 aliphatic heterocycles. The third-order valence-corrected chi connectivity index (χ3v) is 4.82. The highest BCUT2D eigenvalue weighted by Gasteiger charge is 2.31. The molecule has 0 aliphatic carbocycles. The van der Waals surface area contributed by atoms with Crippen molar-refractivity contribution in [3.8, 4) is 0 Å². The Kier molecular flexibility index (Phi) is 4.07. The summed E-state index contributed by atoms with van der Waals surface area (Å²) in [6.07, 6.45) is -0.433. The van der Waals surface area contributed by atoms with Gasteiger partial charge in [0.05, 0.1) is 17.1 Å². The Bertz CT molecular complexity index is 474. The number of anilines is 1. The molecule has 1 aliphatic rings. The smallest absolute Gasteiger partial charge is 0.304 e. The van der Waals surface area contributed by atoms with Crippen LogP contribution in [0.5, 0.6) is 0 Å². The first kappa shape index (κ1) is 14.2. The van der Waals surface area contributed by atoms with E-state index in [1.54, 1.807) is 6.92 Å². The summed E-state index contributed by atoms with van der Waals surface area (Å²) in [5.74, 6) is 0.0884. The predicted octanol–water partition coefficient (Wildman–Crippen LogP) is 1.92. The summed E-state index contributed by atoms with van der Waals surface area (Å²) in [5, 5.41) is 31.0. The molecule has 1 aromatic rings. The number of piperidine rings is 1. The Morgan fingerprint density at radius 3 is 2.84 bits per heavy atom. The molecule has 0 saturated carbocycles. The second kappa shape index (κ2) is 5.44. The van der Waals surface area contributed by atoms with Gasteiger partial charge in [0.25, 0.3) is 0 Å². The molecule has 7 heteroatoms. The van der Waals surface area contributed by atoms with Crippen molar-refractivity contribution in [2.45, 2.75) is 32.5 Å². The summed E-state index contributed by atoms with van der Waals surface area (Å²) < 4.78 is 0. The molecule has 106 valence electrons. The standard InChI is InChI=1S/C12H18N2O4S/c1-7-6-13(4-3-10(7)16)12-9(14(17)18)5-11(19-12)8(2)15/h5,7-8,10,15-16H,3-4,6H2,1-2H3/t7?,8-,10?/m1/s1. The number of aliphatic hydroxyl groups excluding tert-OH is 2. The normalized spacial score (nSPS) is 25.4. The molecular weight excluding hydrogens is 268 g/mol. The van der Waals surface area contributed by atoms with Crippen LogP contribution in [0, 0.1) is 16.0 Å². The maximum Gasteiger partial charge on any atom is 0.304 e. The van der Waals surface area contributed by atoms with Crippen LogP contribution in [0.1, 0.15) is 31.2 Å². The summed E-state index contributed by atoms with van der Waals surface area (Å²) in [7, 11) is 0. The predicted molar refractivity (Wildman–Crippen MR) is 73.6 cm³/mol. The van der Waals surface area contributed by atoms with Gasteiger partial charge in [-0.2, -0.15) is 0 Å². The van der Waals surface area contributed by atoms with Gasteiger partial charge in [-0.25, -0.2) is 0 Å². The third kappa shape index (κ3) is 2.88. The van der Waals surface area contributed by atoms with Crippen LogP contribution in [0.4, 0.5) is 10.7 Å². The number of hydrogen-bond donors (Lipinski definition) is 2. The number of nitro groups is 1. The Morgan fingerprint density at radius 2 is 2.32 bits per heavy atom. The Hall–Kier alpha value is -1.18. The number of hydrogen-bond acceptors (Lipinski definition) is 6. The van der Waals surface area contributed by atoms with E-state index in [0.29, 0.717) is 29.4 Å². The van der Waals surface area contributed by atoms with E-state index in [4.69, 9.17) is 0 Å². The summed E-state index contributed by atoms with van der Waals surface area (Å²) in [5.41, 5.74) is 0.0458. The minimum Gasteiger partial charge on any atom is -0.393 e. The van der Waals surface area contributed by atoms with Gasteiger partial charge >= 0.3 is 5.69 Å². The zero-order chi connectivity index (χ0) is 14.2. The first-order valence-electron chi connectivity index (χ1n) is 6.29. The Morgan fingerprint density at radius 1 is 1.63 bits per heavy atom. The highest BCUT2D eigenvalue weighted by molar-refractivity contribution is 7.16. The van der Waals surface area contributed by atoms with Crippen molar-refractivity contribution in [3.63, 3.8) is 0 Å². The lowest BCUT2D eigenvalue weighted by molar-refractivity contribution is -0.383. The molecule has 0 aromatic carbocycles. The van der Waals surface area contributed by atoms with Crippen LogP contribution in [-0.2, 0) is 0 Å². The second-order valence-electron chi connectivity index (χ2n) is 5.05. The monoisotopic (exact) mass is 286 g/mol. The van der Waals surface area contributed by atoms with Gasteiger partial charge < -0.3 is 15.1 Å². The largest absolute Gasteiger partial charge is 0.393 e. The first-order valence-corrected chi connectivity index (χ1v) is 7.11. The molecule has 0 bridgehead atoms. The molecule has 0 radical (unpaired) electrons. The molecule has 2 heterocycles. The lowest BCUT2D eigenvalue weighted by atomic mass is 9.97. The summed E-state index contributed by atoms with van der Waals surface area (Å²) >= 11 is 1.26. The molecule has 3 atom stereocenters. The van der Waals surface area contributed by atoms with Crippen LogP contribution in [0.2, 0.25) is 0 Å². The van der Waals surface area contributed by atoms with Crippen molar-refractivity contribution < 1.29 is 15.1 Å². The van der Waals surface area contributed by atoms with Crippen LogP contribution in [0.3, 0.4) is 0 Å². The fourth-order valence-corrected chi connectivity index (χ4v) is 3.37. The average Bonchev–Trinajstić information content (AvgIpc) is 2.78. The van der Waals surface area contributed by atoms with E-state index in [2.05, 4.69) is 0 Å². The number of nitrogens with zero attached hydrogens (tertiary/aromatic N) is 2. The lowest BCUT2D eigenvalue weighted by Crippen LogP contribution is -2.41. The Balaban J connectivity index is 2.30. The maximum atomic E-state index is 11.1. The van der Waals surface area contributed by atoms with Gasteiger partial charge in [0.1, 0.15) is 0 Å². The van der Waals surface area contributed by atoms with Gasteiger partial charge in [0, 0.05) is 24.0 Å². The SMILES string of the molecule is CC1CN(c2sc([C@@H](C)O)cc2[N+](=O)[O-])CCC1O. The highest BCUT2D eigenvalue weighted by Crippen LogP contribution is 2.41. The fraction of sp³-hybridized carbons (Fsp3) is 0.667. The van der Waals surface area contributed by atoms with Crippen LogP contribution in [0.25, 0.3) is 0 Å². The number of thiophene rings is 1. The van der Waals surface area contributed by atoms with Gasteiger partial charge in [-0.15, -0.1) is 11.3 Å². The van der Waals surface area contributed by atoms with Gasteiger partial charge in [0.15, 0.2) is 5.00 Å². The van der Waals surface area contributed by atoms with Gasteiger partial charge in [-0.05, 0) is 19.3 Å². The van der Waals surface area contributed by atoms with Crippen molar-refractivity contribution in [1.82, 2.24) is 0 Å². The topological polar surface area (TPSA) is 86.8 Å². The summed E-state index contributed by atoms with van der Waals surface area (Å²) in [4.78, 5) is 13.2. The fourth-order valence-electron chi connectivity index (χ4n) is 2.27. The zero-order valence-corrected chi connectivity index (χ0v) is 11.8. The van der Waals surface area contributed by atoms with Crippen molar-refractivity contribution in [2.24, 2.45) is 5.92 Å². The van der Waals surface area contributed by atoms with Crippen LogP contribution >= 0.6 is 11.3 Å². The van der Waals surface area contributed by atoms with Crippen LogP contribution in [-0.4, -0.2) is 34.3 Å². The number of aliphatic hydroxyl groups is 2. The average molecular weight is 286 g/mol. The van der Waals surface area contributed by atoms with Gasteiger partial charge in [0.2, 0.25) is 0 Å². The molecule has 0 amide bonds. The van der Waals surface area contributed by atoms with Crippen LogP contribution < -0.4 is 4.90 Å². The van der Waals surface area contributed by atoms with E-state index < -0.39 is 11.0 Å². The molecule has 6 nitrogen and oxygen atoms in total. The summed E-state index contributed by atoms with van der Waals surface area (Å²) in [6.45, 7) is 4.74.